The Bertz CT molecular complexity index is 1050. The molecule has 0 aliphatic carbocycles. The molecule has 0 spiro atoms. The van der Waals surface area contributed by atoms with Gasteiger partial charge in [0.1, 0.15) is 0 Å². The molecule has 5 nitrogen and oxygen atoms in total. The van der Waals surface area contributed by atoms with Crippen LogP contribution in [0.5, 0.6) is 0 Å². The molecule has 0 radical (unpaired) electrons. The van der Waals surface area contributed by atoms with Gasteiger partial charge in [0.05, 0.1) is 6.04 Å². The Morgan fingerprint density at radius 2 is 1.26 bits per heavy atom. The van der Waals surface area contributed by atoms with Crippen LogP contribution in [-0.4, -0.2) is 22.5 Å². The third-order valence-electron chi connectivity index (χ3n) is 4.98. The Balaban J connectivity index is 1.34. The van der Waals surface area contributed by atoms with E-state index < -0.39 is 0 Å². The third-order valence-corrected chi connectivity index (χ3v) is 4.98. The SMILES string of the molecule is O=C(NCCc1cnc(-c2ccccc2)nc1)NC(c1ccccc1)c1ccccc1. The van der Waals surface area contributed by atoms with E-state index in [4.69, 9.17) is 0 Å². The lowest BCUT2D eigenvalue weighted by molar-refractivity contribution is 0.239. The van der Waals surface area contributed by atoms with Crippen LogP contribution in [0.25, 0.3) is 11.4 Å². The van der Waals surface area contributed by atoms with E-state index in [-0.39, 0.29) is 12.1 Å². The highest BCUT2D eigenvalue weighted by Crippen LogP contribution is 2.21. The fourth-order valence-corrected chi connectivity index (χ4v) is 3.37. The van der Waals surface area contributed by atoms with Crippen molar-refractivity contribution >= 4 is 6.03 Å². The first-order valence-electron chi connectivity index (χ1n) is 10.3. The summed E-state index contributed by atoms with van der Waals surface area (Å²) in [6.45, 7) is 0.496. The van der Waals surface area contributed by atoms with Crippen molar-refractivity contribution in [3.05, 3.63) is 120 Å². The first-order valence-corrected chi connectivity index (χ1v) is 10.3. The van der Waals surface area contributed by atoms with Crippen molar-refractivity contribution in [1.29, 1.82) is 0 Å². The number of rotatable bonds is 7. The van der Waals surface area contributed by atoms with E-state index in [2.05, 4.69) is 20.6 Å². The van der Waals surface area contributed by atoms with E-state index >= 15 is 0 Å². The normalized spacial score (nSPS) is 10.6. The van der Waals surface area contributed by atoms with Gasteiger partial charge in [-0.25, -0.2) is 14.8 Å². The Labute approximate surface area is 182 Å². The number of amides is 2. The van der Waals surface area contributed by atoms with E-state index in [0.29, 0.717) is 18.8 Å². The molecule has 2 N–H and O–H groups in total. The molecular weight excluding hydrogens is 384 g/mol. The van der Waals surface area contributed by atoms with Crippen molar-refractivity contribution in [3.8, 4) is 11.4 Å². The molecule has 0 saturated carbocycles. The lowest BCUT2D eigenvalue weighted by atomic mass is 9.99. The molecule has 0 atom stereocenters. The number of carbonyl (C=O) groups is 1. The summed E-state index contributed by atoms with van der Waals surface area (Å²) in [5.41, 5.74) is 4.03. The molecule has 1 aromatic heterocycles. The number of nitrogens with one attached hydrogen (secondary N) is 2. The summed E-state index contributed by atoms with van der Waals surface area (Å²) in [5.74, 6) is 0.698. The molecule has 0 saturated heterocycles. The zero-order valence-corrected chi connectivity index (χ0v) is 17.1. The van der Waals surface area contributed by atoms with Crippen LogP contribution in [0.1, 0.15) is 22.7 Å². The van der Waals surface area contributed by atoms with Crippen molar-refractivity contribution in [2.24, 2.45) is 0 Å². The molecule has 0 aliphatic heterocycles. The molecule has 2 amide bonds. The quantitative estimate of drug-likeness (QED) is 0.463. The number of hydrogen-bond donors (Lipinski definition) is 2. The number of aromatic nitrogens is 2. The molecule has 3 aromatic carbocycles. The second kappa shape index (κ2) is 10.2. The maximum Gasteiger partial charge on any atom is 0.315 e. The first-order chi connectivity index (χ1) is 15.3. The second-order valence-corrected chi connectivity index (χ2v) is 7.19. The summed E-state index contributed by atoms with van der Waals surface area (Å²) >= 11 is 0. The Hall–Kier alpha value is -3.99. The van der Waals surface area contributed by atoms with Gasteiger partial charge in [-0.2, -0.15) is 0 Å². The largest absolute Gasteiger partial charge is 0.338 e. The monoisotopic (exact) mass is 408 g/mol. The van der Waals surface area contributed by atoms with E-state index in [1.54, 1.807) is 0 Å². The number of hydrogen-bond acceptors (Lipinski definition) is 3. The van der Waals surface area contributed by atoms with Crippen molar-refractivity contribution in [2.45, 2.75) is 12.5 Å². The smallest absolute Gasteiger partial charge is 0.315 e. The molecular formula is C26H24N4O. The summed E-state index contributed by atoms with van der Waals surface area (Å²) < 4.78 is 0. The number of benzene rings is 3. The second-order valence-electron chi connectivity index (χ2n) is 7.19. The summed E-state index contributed by atoms with van der Waals surface area (Å²) in [6.07, 6.45) is 4.28. The average Bonchev–Trinajstić information content (AvgIpc) is 2.85. The molecule has 0 unspecified atom stereocenters. The van der Waals surface area contributed by atoms with Crippen LogP contribution in [-0.2, 0) is 6.42 Å². The third kappa shape index (κ3) is 5.54. The van der Waals surface area contributed by atoms with Crippen LogP contribution in [0.4, 0.5) is 4.79 Å². The Morgan fingerprint density at radius 1 is 0.742 bits per heavy atom. The molecule has 0 fully saturated rings. The maximum absolute atomic E-state index is 12.6. The molecule has 0 bridgehead atoms. The minimum atomic E-state index is -0.212. The summed E-state index contributed by atoms with van der Waals surface area (Å²) in [4.78, 5) is 21.4. The van der Waals surface area contributed by atoms with E-state index in [9.17, 15) is 4.79 Å². The maximum atomic E-state index is 12.6. The summed E-state index contributed by atoms with van der Waals surface area (Å²) in [6, 6.07) is 29.4. The van der Waals surface area contributed by atoms with Crippen molar-refractivity contribution in [1.82, 2.24) is 20.6 Å². The van der Waals surface area contributed by atoms with Gasteiger partial charge in [0.25, 0.3) is 0 Å². The highest BCUT2D eigenvalue weighted by molar-refractivity contribution is 5.75. The van der Waals surface area contributed by atoms with Gasteiger partial charge >= 0.3 is 6.03 Å². The van der Waals surface area contributed by atoms with Crippen LogP contribution in [0.3, 0.4) is 0 Å². The molecule has 4 aromatic rings. The zero-order chi connectivity index (χ0) is 21.3. The predicted octanol–water partition coefficient (Wildman–Crippen LogP) is 4.77. The van der Waals surface area contributed by atoms with Gasteiger partial charge < -0.3 is 10.6 Å². The van der Waals surface area contributed by atoms with Crippen LogP contribution in [0.15, 0.2) is 103 Å². The summed E-state index contributed by atoms with van der Waals surface area (Å²) in [7, 11) is 0. The van der Waals surface area contributed by atoms with Gasteiger partial charge in [0.2, 0.25) is 0 Å². The number of nitrogens with zero attached hydrogens (tertiary/aromatic N) is 2. The van der Waals surface area contributed by atoms with Crippen molar-refractivity contribution < 1.29 is 4.79 Å². The van der Waals surface area contributed by atoms with Crippen LogP contribution in [0.2, 0.25) is 0 Å². The van der Waals surface area contributed by atoms with Crippen LogP contribution < -0.4 is 10.6 Å². The highest BCUT2D eigenvalue weighted by atomic mass is 16.2. The molecule has 4 rings (SSSR count). The van der Waals surface area contributed by atoms with Gasteiger partial charge in [0.15, 0.2) is 5.82 Å². The Morgan fingerprint density at radius 3 is 1.81 bits per heavy atom. The van der Waals surface area contributed by atoms with E-state index in [0.717, 1.165) is 22.3 Å². The van der Waals surface area contributed by atoms with Gasteiger partial charge in [-0.1, -0.05) is 91.0 Å². The van der Waals surface area contributed by atoms with Crippen LogP contribution >= 0.6 is 0 Å². The van der Waals surface area contributed by atoms with Crippen molar-refractivity contribution in [2.75, 3.05) is 6.54 Å². The van der Waals surface area contributed by atoms with Gasteiger partial charge in [-0.3, -0.25) is 0 Å². The minimum absolute atomic E-state index is 0.209. The minimum Gasteiger partial charge on any atom is -0.338 e. The fourth-order valence-electron chi connectivity index (χ4n) is 3.37. The fraction of sp³-hybridized carbons (Fsp3) is 0.115. The molecule has 31 heavy (non-hydrogen) atoms. The standard InChI is InChI=1S/C26H24N4O/c31-26(30-24(21-10-4-1-5-11-21)22-12-6-2-7-13-22)27-17-16-20-18-28-25(29-19-20)23-14-8-3-9-15-23/h1-15,18-19,24H,16-17H2,(H2,27,30,31). The zero-order valence-electron chi connectivity index (χ0n) is 17.1. The van der Waals surface area contributed by atoms with Gasteiger partial charge in [0, 0.05) is 24.5 Å². The predicted molar refractivity (Wildman–Crippen MR) is 122 cm³/mol. The average molecular weight is 409 g/mol. The summed E-state index contributed by atoms with van der Waals surface area (Å²) in [5, 5.41) is 6.03. The molecule has 5 heteroatoms. The lowest BCUT2D eigenvalue weighted by Crippen LogP contribution is -2.39. The first kappa shape index (κ1) is 20.3. The number of urea groups is 1. The van der Waals surface area contributed by atoms with Crippen LogP contribution in [0, 0.1) is 0 Å². The van der Waals surface area contributed by atoms with E-state index in [1.807, 2.05) is 103 Å². The number of carbonyl (C=O) groups excluding carboxylic acids is 1. The molecule has 0 aliphatic rings. The van der Waals surface area contributed by atoms with E-state index in [1.165, 1.54) is 0 Å². The Kier molecular flexibility index (Phi) is 6.65. The highest BCUT2D eigenvalue weighted by Gasteiger charge is 2.16. The molecule has 1 heterocycles. The van der Waals surface area contributed by atoms with Gasteiger partial charge in [-0.15, -0.1) is 0 Å². The van der Waals surface area contributed by atoms with Gasteiger partial charge in [-0.05, 0) is 23.1 Å². The topological polar surface area (TPSA) is 66.9 Å². The van der Waals surface area contributed by atoms with Crippen molar-refractivity contribution in [3.63, 3.8) is 0 Å². The lowest BCUT2D eigenvalue weighted by Gasteiger charge is -2.20. The molecule has 154 valence electrons.